The molecule has 2 N–H and O–H groups in total. The normalized spacial score (nSPS) is 18.7. The van der Waals surface area contributed by atoms with Crippen LogP contribution in [-0.4, -0.2) is 44.1 Å². The lowest BCUT2D eigenvalue weighted by Gasteiger charge is -2.31. The number of guanidine groups is 1. The largest absolute Gasteiger partial charge is 0.356 e. The van der Waals surface area contributed by atoms with E-state index in [-0.39, 0.29) is 6.04 Å². The van der Waals surface area contributed by atoms with Gasteiger partial charge in [-0.1, -0.05) is 37.3 Å². The Morgan fingerprint density at radius 2 is 1.96 bits per heavy atom. The minimum atomic E-state index is 0.259. The van der Waals surface area contributed by atoms with Crippen molar-refractivity contribution in [1.29, 1.82) is 0 Å². The summed E-state index contributed by atoms with van der Waals surface area (Å²) in [5, 5.41) is 6.94. The van der Waals surface area contributed by atoms with Gasteiger partial charge >= 0.3 is 0 Å². The summed E-state index contributed by atoms with van der Waals surface area (Å²) in [6, 6.07) is 10.8. The molecule has 2 rings (SSSR count). The summed E-state index contributed by atoms with van der Waals surface area (Å²) in [5.74, 6) is 1.75. The van der Waals surface area contributed by atoms with E-state index in [4.69, 9.17) is 0 Å². The maximum Gasteiger partial charge on any atom is 0.191 e. The summed E-state index contributed by atoms with van der Waals surface area (Å²) in [6.07, 6.45) is 3.90. The van der Waals surface area contributed by atoms with Crippen molar-refractivity contribution in [2.24, 2.45) is 10.9 Å². The van der Waals surface area contributed by atoms with Crippen LogP contribution in [0.5, 0.6) is 0 Å². The zero-order chi connectivity index (χ0) is 16.5. The van der Waals surface area contributed by atoms with Crippen molar-refractivity contribution in [2.45, 2.75) is 39.2 Å². The molecule has 0 bridgehead atoms. The Bertz CT molecular complexity index is 464. The van der Waals surface area contributed by atoms with Gasteiger partial charge in [0.15, 0.2) is 5.96 Å². The number of hydrogen-bond donors (Lipinski definition) is 2. The molecule has 1 aliphatic heterocycles. The number of likely N-dealkylation sites (tertiary alicyclic amines) is 1. The third-order valence-corrected chi connectivity index (χ3v) is 4.88. The van der Waals surface area contributed by atoms with Crippen molar-refractivity contribution in [3.8, 4) is 0 Å². The van der Waals surface area contributed by atoms with E-state index >= 15 is 0 Å². The van der Waals surface area contributed by atoms with Crippen molar-refractivity contribution in [1.82, 2.24) is 15.5 Å². The lowest BCUT2D eigenvalue weighted by atomic mass is 9.93. The topological polar surface area (TPSA) is 39.7 Å². The standard InChI is InChI=1S/C19H32N4/c1-4-23-14-11-17(12-15-23)10-13-21-19(20-3)22-16(2)18-8-6-5-7-9-18/h5-9,16-17H,4,10-15H2,1-3H3,(H2,20,21,22). The molecule has 0 spiro atoms. The molecule has 1 saturated heterocycles. The highest BCUT2D eigenvalue weighted by atomic mass is 15.2. The molecule has 0 aliphatic carbocycles. The van der Waals surface area contributed by atoms with Crippen molar-refractivity contribution in [3.63, 3.8) is 0 Å². The molecule has 0 aromatic heterocycles. The number of nitrogens with zero attached hydrogens (tertiary/aromatic N) is 2. The summed E-state index contributed by atoms with van der Waals surface area (Å²) >= 11 is 0. The van der Waals surface area contributed by atoms with Crippen LogP contribution in [0.4, 0.5) is 0 Å². The molecular weight excluding hydrogens is 284 g/mol. The highest BCUT2D eigenvalue weighted by molar-refractivity contribution is 5.80. The first-order valence-electron chi connectivity index (χ1n) is 8.97. The molecule has 1 atom stereocenters. The minimum absolute atomic E-state index is 0.259. The second-order valence-electron chi connectivity index (χ2n) is 6.44. The fraction of sp³-hybridized carbons (Fsp3) is 0.632. The van der Waals surface area contributed by atoms with Gasteiger partial charge in [0.2, 0.25) is 0 Å². The van der Waals surface area contributed by atoms with Gasteiger partial charge in [0.05, 0.1) is 6.04 Å². The molecular formula is C19H32N4. The Morgan fingerprint density at radius 1 is 1.26 bits per heavy atom. The van der Waals surface area contributed by atoms with E-state index in [0.717, 1.165) is 18.4 Å². The van der Waals surface area contributed by atoms with Crippen LogP contribution < -0.4 is 10.6 Å². The van der Waals surface area contributed by atoms with Crippen LogP contribution in [0, 0.1) is 5.92 Å². The molecule has 0 amide bonds. The number of benzene rings is 1. The van der Waals surface area contributed by atoms with E-state index in [1.807, 2.05) is 13.1 Å². The van der Waals surface area contributed by atoms with Gasteiger partial charge in [-0.05, 0) is 57.3 Å². The van der Waals surface area contributed by atoms with Crippen LogP contribution in [0.25, 0.3) is 0 Å². The molecule has 23 heavy (non-hydrogen) atoms. The highest BCUT2D eigenvalue weighted by Gasteiger charge is 2.17. The Hall–Kier alpha value is -1.55. The monoisotopic (exact) mass is 316 g/mol. The predicted octanol–water partition coefficient (Wildman–Crippen LogP) is 3.03. The molecule has 0 saturated carbocycles. The van der Waals surface area contributed by atoms with Crippen LogP contribution in [0.15, 0.2) is 35.3 Å². The van der Waals surface area contributed by atoms with Crippen LogP contribution in [0.3, 0.4) is 0 Å². The SMILES string of the molecule is CCN1CCC(CCNC(=NC)NC(C)c2ccccc2)CC1. The molecule has 4 heteroatoms. The smallest absolute Gasteiger partial charge is 0.191 e. The molecule has 4 nitrogen and oxygen atoms in total. The Kier molecular flexibility index (Phi) is 7.40. The summed E-state index contributed by atoms with van der Waals surface area (Å²) in [6.45, 7) is 9.14. The molecule has 1 fully saturated rings. The molecule has 1 heterocycles. The number of aliphatic imine (C=N–C) groups is 1. The average Bonchev–Trinajstić information content (AvgIpc) is 2.62. The van der Waals surface area contributed by atoms with Crippen LogP contribution in [0.2, 0.25) is 0 Å². The van der Waals surface area contributed by atoms with Gasteiger partial charge < -0.3 is 15.5 Å². The first-order valence-corrected chi connectivity index (χ1v) is 8.97. The first kappa shape index (κ1) is 17.8. The number of rotatable bonds is 6. The lowest BCUT2D eigenvalue weighted by molar-refractivity contribution is 0.187. The second-order valence-corrected chi connectivity index (χ2v) is 6.44. The second kappa shape index (κ2) is 9.56. The zero-order valence-corrected chi connectivity index (χ0v) is 14.9. The molecule has 0 radical (unpaired) electrons. The van der Waals surface area contributed by atoms with Crippen molar-refractivity contribution < 1.29 is 0 Å². The van der Waals surface area contributed by atoms with E-state index < -0.39 is 0 Å². The zero-order valence-electron chi connectivity index (χ0n) is 14.9. The third-order valence-electron chi connectivity index (χ3n) is 4.88. The molecule has 1 aliphatic rings. The fourth-order valence-electron chi connectivity index (χ4n) is 3.21. The van der Waals surface area contributed by atoms with Crippen molar-refractivity contribution in [2.75, 3.05) is 33.2 Å². The van der Waals surface area contributed by atoms with E-state index in [2.05, 4.69) is 58.6 Å². The lowest BCUT2D eigenvalue weighted by Crippen LogP contribution is -2.40. The van der Waals surface area contributed by atoms with Crippen LogP contribution in [-0.2, 0) is 0 Å². The van der Waals surface area contributed by atoms with E-state index in [1.54, 1.807) is 0 Å². The molecule has 1 unspecified atom stereocenters. The fourth-order valence-corrected chi connectivity index (χ4v) is 3.21. The summed E-state index contributed by atoms with van der Waals surface area (Å²) in [5.41, 5.74) is 1.28. The van der Waals surface area contributed by atoms with Gasteiger partial charge in [-0.15, -0.1) is 0 Å². The van der Waals surface area contributed by atoms with Gasteiger partial charge in [-0.3, -0.25) is 4.99 Å². The summed E-state index contributed by atoms with van der Waals surface area (Å²) < 4.78 is 0. The minimum Gasteiger partial charge on any atom is -0.356 e. The van der Waals surface area contributed by atoms with Crippen LogP contribution in [0.1, 0.15) is 44.7 Å². The van der Waals surface area contributed by atoms with Gasteiger partial charge in [-0.2, -0.15) is 0 Å². The number of piperidine rings is 1. The highest BCUT2D eigenvalue weighted by Crippen LogP contribution is 2.19. The van der Waals surface area contributed by atoms with E-state index in [0.29, 0.717) is 0 Å². The van der Waals surface area contributed by atoms with Crippen LogP contribution >= 0.6 is 0 Å². The van der Waals surface area contributed by atoms with Crippen molar-refractivity contribution >= 4 is 5.96 Å². The maximum absolute atomic E-state index is 4.35. The molecule has 1 aromatic rings. The number of nitrogens with one attached hydrogen (secondary N) is 2. The van der Waals surface area contributed by atoms with Gasteiger partial charge in [0, 0.05) is 13.6 Å². The van der Waals surface area contributed by atoms with E-state index in [9.17, 15) is 0 Å². The predicted molar refractivity (Wildman–Crippen MR) is 98.8 cm³/mol. The van der Waals surface area contributed by atoms with Crippen molar-refractivity contribution in [3.05, 3.63) is 35.9 Å². The van der Waals surface area contributed by atoms with Gasteiger partial charge in [0.1, 0.15) is 0 Å². The summed E-state index contributed by atoms with van der Waals surface area (Å²) in [4.78, 5) is 6.90. The quantitative estimate of drug-likeness (QED) is 0.626. The third kappa shape index (κ3) is 5.87. The van der Waals surface area contributed by atoms with E-state index in [1.165, 1.54) is 44.5 Å². The first-order chi connectivity index (χ1) is 11.2. The molecule has 1 aromatic carbocycles. The van der Waals surface area contributed by atoms with Gasteiger partial charge in [-0.25, -0.2) is 0 Å². The summed E-state index contributed by atoms with van der Waals surface area (Å²) in [7, 11) is 1.84. The van der Waals surface area contributed by atoms with Gasteiger partial charge in [0.25, 0.3) is 0 Å². The average molecular weight is 316 g/mol. The Balaban J connectivity index is 1.69. The maximum atomic E-state index is 4.35. The Labute approximate surface area is 141 Å². The Morgan fingerprint density at radius 3 is 2.57 bits per heavy atom. The molecule has 128 valence electrons. The number of hydrogen-bond acceptors (Lipinski definition) is 2.